The molecule has 1 rings (SSSR count). The molecular formula is C6H13O5P. The van der Waals surface area contributed by atoms with Gasteiger partial charge in [-0.2, -0.15) is 0 Å². The van der Waals surface area contributed by atoms with Gasteiger partial charge in [0.1, 0.15) is 0 Å². The first-order chi connectivity index (χ1) is 5.66. The quantitative estimate of drug-likeness (QED) is 0.499. The zero-order chi connectivity index (χ0) is 9.03. The van der Waals surface area contributed by atoms with Crippen molar-refractivity contribution in [3.63, 3.8) is 0 Å². The molecule has 0 aromatic carbocycles. The van der Waals surface area contributed by atoms with Crippen LogP contribution in [-0.4, -0.2) is 33.0 Å². The maximum absolute atomic E-state index is 11.4. The SMILES string of the molecule is COCCOP1(=O)OCC(C)O1. The Labute approximate surface area is 71.6 Å². The summed E-state index contributed by atoms with van der Waals surface area (Å²) in [6, 6.07) is 0. The number of ether oxygens (including phenoxy) is 1. The lowest BCUT2D eigenvalue weighted by Crippen LogP contribution is -2.02. The van der Waals surface area contributed by atoms with Crippen molar-refractivity contribution >= 4 is 7.82 Å². The lowest BCUT2D eigenvalue weighted by atomic mass is 10.5. The molecule has 12 heavy (non-hydrogen) atoms. The fraction of sp³-hybridized carbons (Fsp3) is 1.00. The highest BCUT2D eigenvalue weighted by atomic mass is 31.2. The van der Waals surface area contributed by atoms with E-state index in [1.54, 1.807) is 6.92 Å². The third kappa shape index (κ3) is 2.84. The molecule has 1 fully saturated rings. The predicted octanol–water partition coefficient (Wildman–Crippen LogP) is 1.19. The van der Waals surface area contributed by atoms with Crippen molar-refractivity contribution in [1.29, 1.82) is 0 Å². The molecule has 2 atom stereocenters. The Morgan fingerprint density at radius 1 is 1.58 bits per heavy atom. The number of methoxy groups -OCH3 is 1. The van der Waals surface area contributed by atoms with E-state index in [1.807, 2.05) is 0 Å². The lowest BCUT2D eigenvalue weighted by Gasteiger charge is -2.09. The normalized spacial score (nSPS) is 35.7. The van der Waals surface area contributed by atoms with E-state index in [0.29, 0.717) is 13.2 Å². The molecule has 1 aliphatic rings. The van der Waals surface area contributed by atoms with Crippen LogP contribution in [0.3, 0.4) is 0 Å². The fourth-order valence-corrected chi connectivity index (χ4v) is 2.17. The van der Waals surface area contributed by atoms with Gasteiger partial charge in [0.15, 0.2) is 0 Å². The van der Waals surface area contributed by atoms with Crippen LogP contribution in [0.2, 0.25) is 0 Å². The Balaban J connectivity index is 2.26. The van der Waals surface area contributed by atoms with Gasteiger partial charge in [0.05, 0.1) is 25.9 Å². The van der Waals surface area contributed by atoms with Crippen LogP contribution in [0, 0.1) is 0 Å². The monoisotopic (exact) mass is 196 g/mol. The summed E-state index contributed by atoms with van der Waals surface area (Å²) < 4.78 is 30.8. The Morgan fingerprint density at radius 3 is 2.83 bits per heavy atom. The van der Waals surface area contributed by atoms with Gasteiger partial charge in [-0.3, -0.25) is 13.6 Å². The molecule has 0 spiro atoms. The topological polar surface area (TPSA) is 54.0 Å². The minimum atomic E-state index is -3.24. The summed E-state index contributed by atoms with van der Waals surface area (Å²) in [6.45, 7) is 2.70. The number of rotatable bonds is 4. The molecule has 0 aliphatic carbocycles. The maximum atomic E-state index is 11.4. The third-order valence-corrected chi connectivity index (χ3v) is 2.90. The van der Waals surface area contributed by atoms with E-state index in [2.05, 4.69) is 0 Å². The molecule has 0 N–H and O–H groups in total. The van der Waals surface area contributed by atoms with Gasteiger partial charge in [0, 0.05) is 7.11 Å². The summed E-state index contributed by atoms with van der Waals surface area (Å²) in [5.74, 6) is 0. The number of hydrogen-bond donors (Lipinski definition) is 0. The Hall–Kier alpha value is 0.0700. The van der Waals surface area contributed by atoms with Crippen molar-refractivity contribution in [2.24, 2.45) is 0 Å². The van der Waals surface area contributed by atoms with Gasteiger partial charge in [0.2, 0.25) is 0 Å². The van der Waals surface area contributed by atoms with Crippen molar-refractivity contribution in [3.05, 3.63) is 0 Å². The summed E-state index contributed by atoms with van der Waals surface area (Å²) in [6.07, 6.45) is -0.154. The first kappa shape index (κ1) is 10.2. The van der Waals surface area contributed by atoms with Gasteiger partial charge < -0.3 is 4.74 Å². The van der Waals surface area contributed by atoms with E-state index in [-0.39, 0.29) is 12.7 Å². The molecule has 72 valence electrons. The summed E-state index contributed by atoms with van der Waals surface area (Å²) in [5.41, 5.74) is 0. The second-order valence-corrected chi connectivity index (χ2v) is 4.11. The summed E-state index contributed by atoms with van der Waals surface area (Å²) >= 11 is 0. The maximum Gasteiger partial charge on any atom is 0.475 e. The highest BCUT2D eigenvalue weighted by Gasteiger charge is 2.36. The van der Waals surface area contributed by atoms with Crippen LogP contribution in [-0.2, 0) is 22.9 Å². The van der Waals surface area contributed by atoms with Crippen LogP contribution in [0.15, 0.2) is 0 Å². The molecule has 1 aliphatic heterocycles. The minimum Gasteiger partial charge on any atom is -0.382 e. The molecule has 6 heteroatoms. The molecule has 2 unspecified atom stereocenters. The van der Waals surface area contributed by atoms with E-state index >= 15 is 0 Å². The average Bonchev–Trinajstić information content (AvgIpc) is 2.32. The van der Waals surface area contributed by atoms with Crippen LogP contribution < -0.4 is 0 Å². The van der Waals surface area contributed by atoms with E-state index < -0.39 is 7.82 Å². The van der Waals surface area contributed by atoms with Crippen LogP contribution in [0.4, 0.5) is 0 Å². The summed E-state index contributed by atoms with van der Waals surface area (Å²) in [5, 5.41) is 0. The molecular weight excluding hydrogens is 183 g/mol. The minimum absolute atomic E-state index is 0.154. The molecule has 0 aromatic heterocycles. The first-order valence-corrected chi connectivity index (χ1v) is 5.19. The van der Waals surface area contributed by atoms with Gasteiger partial charge in [-0.1, -0.05) is 0 Å². The smallest absolute Gasteiger partial charge is 0.382 e. The Kier molecular flexibility index (Phi) is 3.68. The largest absolute Gasteiger partial charge is 0.475 e. The highest BCUT2D eigenvalue weighted by Crippen LogP contribution is 2.54. The Morgan fingerprint density at radius 2 is 2.33 bits per heavy atom. The van der Waals surface area contributed by atoms with Crippen molar-refractivity contribution in [2.45, 2.75) is 13.0 Å². The standard InChI is InChI=1S/C6H13O5P/c1-6-5-10-12(7,11-6)9-4-3-8-2/h6H,3-5H2,1-2H3. The number of phosphoric ester groups is 1. The molecule has 0 bridgehead atoms. The van der Waals surface area contributed by atoms with E-state index in [9.17, 15) is 4.57 Å². The van der Waals surface area contributed by atoms with Gasteiger partial charge in [-0.15, -0.1) is 0 Å². The number of phosphoric acid groups is 1. The summed E-state index contributed by atoms with van der Waals surface area (Å²) in [7, 11) is -1.70. The Bertz CT molecular complexity index is 183. The van der Waals surface area contributed by atoms with Gasteiger partial charge >= 0.3 is 7.82 Å². The molecule has 0 aromatic rings. The van der Waals surface area contributed by atoms with Crippen molar-refractivity contribution in [3.8, 4) is 0 Å². The van der Waals surface area contributed by atoms with Crippen LogP contribution in [0.25, 0.3) is 0 Å². The van der Waals surface area contributed by atoms with Crippen molar-refractivity contribution < 1.29 is 22.9 Å². The summed E-state index contributed by atoms with van der Waals surface area (Å²) in [4.78, 5) is 0. The zero-order valence-electron chi connectivity index (χ0n) is 7.19. The fourth-order valence-electron chi connectivity index (χ4n) is 0.778. The molecule has 5 nitrogen and oxygen atoms in total. The highest BCUT2D eigenvalue weighted by molar-refractivity contribution is 7.48. The van der Waals surface area contributed by atoms with Gasteiger partial charge in [-0.25, -0.2) is 4.57 Å². The predicted molar refractivity (Wildman–Crippen MR) is 41.9 cm³/mol. The van der Waals surface area contributed by atoms with Gasteiger partial charge in [-0.05, 0) is 6.92 Å². The van der Waals surface area contributed by atoms with Crippen molar-refractivity contribution in [2.75, 3.05) is 26.9 Å². The number of hydrogen-bond acceptors (Lipinski definition) is 5. The van der Waals surface area contributed by atoms with Gasteiger partial charge in [0.25, 0.3) is 0 Å². The van der Waals surface area contributed by atoms with E-state index in [0.717, 1.165) is 0 Å². The second kappa shape index (κ2) is 4.35. The van der Waals surface area contributed by atoms with Crippen LogP contribution in [0.1, 0.15) is 6.92 Å². The molecule has 0 radical (unpaired) electrons. The molecule has 1 heterocycles. The molecule has 0 amide bonds. The lowest BCUT2D eigenvalue weighted by molar-refractivity contribution is 0.115. The van der Waals surface area contributed by atoms with E-state index in [1.165, 1.54) is 7.11 Å². The molecule has 1 saturated heterocycles. The van der Waals surface area contributed by atoms with Crippen LogP contribution >= 0.6 is 7.82 Å². The third-order valence-electron chi connectivity index (χ3n) is 1.31. The van der Waals surface area contributed by atoms with E-state index in [4.69, 9.17) is 18.3 Å². The van der Waals surface area contributed by atoms with Crippen molar-refractivity contribution in [1.82, 2.24) is 0 Å². The van der Waals surface area contributed by atoms with Crippen LogP contribution in [0.5, 0.6) is 0 Å². The average molecular weight is 196 g/mol. The zero-order valence-corrected chi connectivity index (χ0v) is 8.08. The first-order valence-electron chi connectivity index (χ1n) is 3.73. The molecule has 0 saturated carbocycles. The second-order valence-electron chi connectivity index (χ2n) is 2.49.